The summed E-state index contributed by atoms with van der Waals surface area (Å²) < 4.78 is 0. The number of carboxylic acid groups (broad SMARTS) is 1. The van der Waals surface area contributed by atoms with Crippen molar-refractivity contribution in [1.29, 1.82) is 0 Å². The van der Waals surface area contributed by atoms with Crippen LogP contribution in [0.3, 0.4) is 0 Å². The second kappa shape index (κ2) is 9.39. The van der Waals surface area contributed by atoms with Crippen molar-refractivity contribution in [1.82, 2.24) is 6.15 Å². The fourth-order valence-corrected chi connectivity index (χ4v) is 0.767. The highest BCUT2D eigenvalue weighted by molar-refractivity contribution is 5.63. The molecule has 0 aromatic carbocycles. The van der Waals surface area contributed by atoms with Gasteiger partial charge in [-0.15, -0.1) is 0 Å². The summed E-state index contributed by atoms with van der Waals surface area (Å²) in [5.41, 5.74) is 5.24. The lowest BCUT2D eigenvalue weighted by Gasteiger charge is -2.00. The molecule has 0 rings (SSSR count). The van der Waals surface area contributed by atoms with Crippen molar-refractivity contribution in [2.24, 2.45) is 5.73 Å². The molecule has 0 bridgehead atoms. The van der Waals surface area contributed by atoms with Gasteiger partial charge in [-0.1, -0.05) is 12.8 Å². The maximum absolute atomic E-state index is 9.90. The lowest BCUT2D eigenvalue weighted by molar-refractivity contribution is -0.305. The first kappa shape index (κ1) is 13.0. The van der Waals surface area contributed by atoms with E-state index in [9.17, 15) is 9.90 Å². The van der Waals surface area contributed by atoms with E-state index in [4.69, 9.17) is 5.73 Å². The number of hydrogen-bond acceptors (Lipinski definition) is 3. The number of nitrogens with two attached hydrogens (primary N) is 1. The highest BCUT2D eigenvalue weighted by atomic mass is 16.4. The fraction of sp³-hybridized carbons (Fsp3) is 0.857. The number of unbranched alkanes of at least 4 members (excludes halogenated alkanes) is 3. The predicted octanol–water partition coefficient (Wildman–Crippen LogP) is 0.0217. The molecule has 0 aliphatic carbocycles. The molecule has 68 valence electrons. The molecule has 0 saturated heterocycles. The smallest absolute Gasteiger partial charge is 0.0414 e. The van der Waals surface area contributed by atoms with Gasteiger partial charge in [-0.2, -0.15) is 0 Å². The molecule has 0 heterocycles. The zero-order chi connectivity index (χ0) is 7.82. The topological polar surface area (TPSA) is 103 Å². The number of quaternary nitrogens is 1. The summed E-state index contributed by atoms with van der Waals surface area (Å²) in [7, 11) is 0. The van der Waals surface area contributed by atoms with Gasteiger partial charge in [0, 0.05) is 5.97 Å². The molecule has 0 saturated carbocycles. The van der Waals surface area contributed by atoms with E-state index in [0.717, 1.165) is 25.7 Å². The minimum atomic E-state index is -0.951. The van der Waals surface area contributed by atoms with Crippen molar-refractivity contribution in [3.63, 3.8) is 0 Å². The van der Waals surface area contributed by atoms with E-state index < -0.39 is 5.97 Å². The third-order valence-electron chi connectivity index (χ3n) is 1.34. The number of carbonyl (C=O) groups is 1. The van der Waals surface area contributed by atoms with Crippen LogP contribution in [-0.4, -0.2) is 12.5 Å². The van der Waals surface area contributed by atoms with Crippen LogP contribution >= 0.6 is 0 Å². The van der Waals surface area contributed by atoms with Gasteiger partial charge in [0.05, 0.1) is 0 Å². The van der Waals surface area contributed by atoms with Crippen LogP contribution in [0.15, 0.2) is 0 Å². The molecule has 0 spiro atoms. The summed E-state index contributed by atoms with van der Waals surface area (Å²) in [5, 5.41) is 9.90. The quantitative estimate of drug-likeness (QED) is 0.538. The van der Waals surface area contributed by atoms with Crippen LogP contribution in [0, 0.1) is 0 Å². The Bertz CT molecular complexity index is 96.4. The zero-order valence-corrected chi connectivity index (χ0v) is 7.14. The van der Waals surface area contributed by atoms with Gasteiger partial charge in [0.1, 0.15) is 0 Å². The SMILES string of the molecule is NCCCCCCC(=O)[O-].[NH4+]. The first-order valence-electron chi connectivity index (χ1n) is 3.67. The van der Waals surface area contributed by atoms with Gasteiger partial charge in [0.15, 0.2) is 0 Å². The molecule has 0 fully saturated rings. The van der Waals surface area contributed by atoms with Gasteiger partial charge in [0.2, 0.25) is 0 Å². The Balaban J connectivity index is 0. The molecule has 4 heteroatoms. The van der Waals surface area contributed by atoms with Crippen molar-refractivity contribution >= 4 is 5.97 Å². The first-order chi connectivity index (χ1) is 4.77. The average Bonchev–Trinajstić information content (AvgIpc) is 1.87. The van der Waals surface area contributed by atoms with Crippen molar-refractivity contribution < 1.29 is 9.90 Å². The molecule has 11 heavy (non-hydrogen) atoms. The maximum Gasteiger partial charge on any atom is 0.0414 e. The Morgan fingerprint density at radius 2 is 1.73 bits per heavy atom. The third-order valence-corrected chi connectivity index (χ3v) is 1.34. The van der Waals surface area contributed by atoms with Crippen LogP contribution in [0.4, 0.5) is 0 Å². The Kier molecular flexibility index (Phi) is 11.1. The summed E-state index contributed by atoms with van der Waals surface area (Å²) >= 11 is 0. The van der Waals surface area contributed by atoms with E-state index in [1.54, 1.807) is 0 Å². The summed E-state index contributed by atoms with van der Waals surface area (Å²) in [6.07, 6.45) is 3.88. The van der Waals surface area contributed by atoms with E-state index in [0.29, 0.717) is 6.54 Å². The van der Waals surface area contributed by atoms with E-state index in [1.165, 1.54) is 0 Å². The Morgan fingerprint density at radius 3 is 2.18 bits per heavy atom. The standard InChI is InChI=1S/C7H15NO2.H3N/c8-6-4-2-1-3-5-7(9)10;/h1-6,8H2,(H,9,10);1H3. The van der Waals surface area contributed by atoms with E-state index in [-0.39, 0.29) is 12.6 Å². The van der Waals surface area contributed by atoms with E-state index in [2.05, 4.69) is 0 Å². The Morgan fingerprint density at radius 1 is 1.18 bits per heavy atom. The normalized spacial score (nSPS) is 8.82. The number of aliphatic carboxylic acids is 1. The third kappa shape index (κ3) is 12.6. The summed E-state index contributed by atoms with van der Waals surface area (Å²) in [5.74, 6) is -0.951. The van der Waals surface area contributed by atoms with Crippen molar-refractivity contribution in [2.75, 3.05) is 6.54 Å². The van der Waals surface area contributed by atoms with Gasteiger partial charge in [-0.05, 0) is 25.8 Å². The van der Waals surface area contributed by atoms with Crippen LogP contribution in [0.25, 0.3) is 0 Å². The molecule has 0 radical (unpaired) electrons. The highest BCUT2D eigenvalue weighted by Gasteiger charge is 1.88. The van der Waals surface area contributed by atoms with Gasteiger partial charge < -0.3 is 21.8 Å². The van der Waals surface area contributed by atoms with Gasteiger partial charge in [0.25, 0.3) is 0 Å². The predicted molar refractivity (Wildman–Crippen MR) is 43.1 cm³/mol. The maximum atomic E-state index is 9.90. The number of hydrogen-bond donors (Lipinski definition) is 2. The lowest BCUT2D eigenvalue weighted by Crippen LogP contribution is -2.21. The molecule has 6 N–H and O–H groups in total. The molecule has 0 aromatic heterocycles. The number of rotatable bonds is 6. The summed E-state index contributed by atoms with van der Waals surface area (Å²) in [4.78, 5) is 9.90. The van der Waals surface area contributed by atoms with Crippen molar-refractivity contribution in [3.8, 4) is 0 Å². The molecule has 0 unspecified atom stereocenters. The van der Waals surface area contributed by atoms with E-state index >= 15 is 0 Å². The Hall–Kier alpha value is -0.610. The monoisotopic (exact) mass is 162 g/mol. The van der Waals surface area contributed by atoms with Crippen LogP contribution in [0.5, 0.6) is 0 Å². The zero-order valence-electron chi connectivity index (χ0n) is 7.14. The van der Waals surface area contributed by atoms with Crippen LogP contribution in [-0.2, 0) is 4.79 Å². The largest absolute Gasteiger partial charge is 0.550 e. The molecule has 0 amide bonds. The number of carbonyl (C=O) groups excluding carboxylic acids is 1. The van der Waals surface area contributed by atoms with Crippen molar-refractivity contribution in [3.05, 3.63) is 0 Å². The molecular weight excluding hydrogens is 144 g/mol. The first-order valence-corrected chi connectivity index (χ1v) is 3.67. The summed E-state index contributed by atoms with van der Waals surface area (Å²) in [6.45, 7) is 0.700. The van der Waals surface area contributed by atoms with Crippen LogP contribution < -0.4 is 17.0 Å². The highest BCUT2D eigenvalue weighted by Crippen LogP contribution is 2.00. The molecule has 0 atom stereocenters. The fourth-order valence-electron chi connectivity index (χ4n) is 0.767. The van der Waals surface area contributed by atoms with Crippen molar-refractivity contribution in [2.45, 2.75) is 32.1 Å². The van der Waals surface area contributed by atoms with Crippen LogP contribution in [0.2, 0.25) is 0 Å². The minimum Gasteiger partial charge on any atom is -0.550 e. The minimum absolute atomic E-state index is 0. The summed E-state index contributed by atoms with van der Waals surface area (Å²) in [6, 6.07) is 0. The number of carboxylic acids is 1. The van der Waals surface area contributed by atoms with Gasteiger partial charge >= 0.3 is 0 Å². The molecular formula is C7H18N2O2. The van der Waals surface area contributed by atoms with E-state index in [1.807, 2.05) is 0 Å². The second-order valence-corrected chi connectivity index (χ2v) is 2.32. The van der Waals surface area contributed by atoms with Crippen LogP contribution in [0.1, 0.15) is 32.1 Å². The molecule has 0 aliphatic heterocycles. The Labute approximate surface area is 67.4 Å². The second-order valence-electron chi connectivity index (χ2n) is 2.32. The lowest BCUT2D eigenvalue weighted by atomic mass is 10.1. The molecule has 0 aromatic rings. The molecule has 4 nitrogen and oxygen atoms in total. The van der Waals surface area contributed by atoms with Gasteiger partial charge in [-0.3, -0.25) is 0 Å². The molecule has 0 aliphatic rings. The average molecular weight is 162 g/mol. The van der Waals surface area contributed by atoms with Gasteiger partial charge in [-0.25, -0.2) is 0 Å².